The van der Waals surface area contributed by atoms with E-state index in [-0.39, 0.29) is 0 Å². The van der Waals surface area contributed by atoms with Gasteiger partial charge < -0.3 is 0 Å². The van der Waals surface area contributed by atoms with Gasteiger partial charge in [-0.15, -0.1) is 46.4 Å². The molecule has 0 rings (SSSR count). The Morgan fingerprint density at radius 2 is 1.73 bits per heavy atom. The molecule has 0 N–H and O–H groups in total. The van der Waals surface area contributed by atoms with Gasteiger partial charge in [-0.05, 0) is 12.8 Å². The largest absolute Gasteiger partial charge is 0.127 e. The summed E-state index contributed by atoms with van der Waals surface area (Å²) in [6.45, 7) is 0. The topological polar surface area (TPSA) is 0 Å². The Kier molecular flexibility index (Phi) is 6.94. The lowest BCUT2D eigenvalue weighted by Gasteiger charge is -2.14. The highest BCUT2D eigenvalue weighted by molar-refractivity contribution is 6.48. The summed E-state index contributed by atoms with van der Waals surface area (Å²) in [6.07, 6.45) is 4.86. The van der Waals surface area contributed by atoms with Crippen molar-refractivity contribution in [3.63, 3.8) is 0 Å². The van der Waals surface area contributed by atoms with Crippen LogP contribution in [-0.2, 0) is 0 Å². The molecule has 0 aromatic heterocycles. The number of alkyl halides is 4. The molecule has 0 aliphatic heterocycles. The van der Waals surface area contributed by atoms with Crippen LogP contribution in [0.1, 0.15) is 12.8 Å². The second-order valence-electron chi connectivity index (χ2n) is 2.12. The molecule has 0 spiro atoms. The number of hydrogen-bond acceptors (Lipinski definition) is 0. The molecule has 0 unspecified atom stereocenters. The maximum Gasteiger partial charge on any atom is 0.122 e. The molecule has 0 aromatic rings. The van der Waals surface area contributed by atoms with E-state index >= 15 is 0 Å². The van der Waals surface area contributed by atoms with Gasteiger partial charge in [0.1, 0.15) is 4.33 Å². The van der Waals surface area contributed by atoms with Crippen molar-refractivity contribution in [2.45, 2.75) is 17.2 Å². The first-order valence-electron chi connectivity index (χ1n) is 3.27. The lowest BCUT2D eigenvalue weighted by Crippen LogP contribution is -2.11. The minimum Gasteiger partial charge on any atom is -0.127 e. The van der Waals surface area contributed by atoms with Gasteiger partial charge in [0.15, 0.2) is 0 Å². The van der Waals surface area contributed by atoms with Crippen molar-refractivity contribution in [3.05, 3.63) is 12.2 Å². The number of hydrogen-bond donors (Lipinski definition) is 0. The molecule has 4 heteroatoms. The van der Waals surface area contributed by atoms with E-state index in [4.69, 9.17) is 46.4 Å². The van der Waals surface area contributed by atoms with E-state index in [1.807, 2.05) is 12.2 Å². The molecule has 0 saturated carbocycles. The summed E-state index contributed by atoms with van der Waals surface area (Å²) in [4.78, 5) is 0. The zero-order valence-electron chi connectivity index (χ0n) is 5.99. The third-order valence-electron chi connectivity index (χ3n) is 1.13. The lowest BCUT2D eigenvalue weighted by molar-refractivity contribution is 0.758. The fourth-order valence-corrected chi connectivity index (χ4v) is 1.57. The molecule has 0 amide bonds. The maximum absolute atomic E-state index is 5.86. The molecule has 66 valence electrons. The van der Waals surface area contributed by atoms with E-state index in [0.29, 0.717) is 24.6 Å². The van der Waals surface area contributed by atoms with Gasteiger partial charge in [-0.3, -0.25) is 0 Å². The number of allylic oxidation sites excluding steroid dienone is 2. The van der Waals surface area contributed by atoms with Crippen molar-refractivity contribution in [2.75, 3.05) is 11.8 Å². The normalized spacial score (nSPS) is 12.7. The van der Waals surface area contributed by atoms with Gasteiger partial charge in [-0.2, -0.15) is 0 Å². The van der Waals surface area contributed by atoms with E-state index in [1.54, 1.807) is 0 Å². The second kappa shape index (κ2) is 6.42. The van der Waals surface area contributed by atoms with Gasteiger partial charge >= 0.3 is 0 Å². The molecule has 0 aliphatic rings. The number of rotatable bonds is 5. The maximum atomic E-state index is 5.86. The Bertz CT molecular complexity index is 120. The molecule has 0 aromatic carbocycles. The molecule has 0 nitrogen and oxygen atoms in total. The van der Waals surface area contributed by atoms with Crippen molar-refractivity contribution in [2.24, 2.45) is 0 Å². The smallest absolute Gasteiger partial charge is 0.122 e. The van der Waals surface area contributed by atoms with Crippen LogP contribution >= 0.6 is 46.4 Å². The molecule has 0 bridgehead atoms. The number of halogens is 4. The fraction of sp³-hybridized carbons (Fsp3) is 0.714. The fourth-order valence-electron chi connectivity index (χ4n) is 0.559. The quantitative estimate of drug-likeness (QED) is 0.500. The van der Waals surface area contributed by atoms with Crippen LogP contribution in [0.5, 0.6) is 0 Å². The first-order chi connectivity index (χ1) is 5.12. The standard InChI is InChI=1S/C7H10Cl4/c8-5-2-1-3-7(10,11)4-6-9/h1-2H,3-6H2. The molecule has 0 fully saturated rings. The van der Waals surface area contributed by atoms with Crippen molar-refractivity contribution in [3.8, 4) is 0 Å². The molecule has 0 saturated heterocycles. The Morgan fingerprint density at radius 1 is 1.09 bits per heavy atom. The molecule has 0 heterocycles. The summed E-state index contributed by atoms with van der Waals surface area (Å²) in [7, 11) is 0. The van der Waals surface area contributed by atoms with Crippen molar-refractivity contribution < 1.29 is 0 Å². The first kappa shape index (κ1) is 11.9. The zero-order valence-corrected chi connectivity index (χ0v) is 9.02. The van der Waals surface area contributed by atoms with E-state index in [2.05, 4.69) is 0 Å². The summed E-state index contributed by atoms with van der Waals surface area (Å²) >= 11 is 22.6. The molecule has 0 aliphatic carbocycles. The van der Waals surface area contributed by atoms with E-state index in [0.717, 1.165) is 0 Å². The summed E-state index contributed by atoms with van der Waals surface area (Å²) in [5.74, 6) is 0.965. The highest BCUT2D eigenvalue weighted by atomic mass is 35.5. The van der Waals surface area contributed by atoms with Crippen LogP contribution in [0.25, 0.3) is 0 Å². The van der Waals surface area contributed by atoms with Gasteiger partial charge in [-0.25, -0.2) is 0 Å². The van der Waals surface area contributed by atoms with Crippen LogP contribution in [0.2, 0.25) is 0 Å². The molecule has 0 atom stereocenters. The van der Waals surface area contributed by atoms with Crippen LogP contribution in [0.4, 0.5) is 0 Å². The van der Waals surface area contributed by atoms with Gasteiger partial charge in [0.2, 0.25) is 0 Å². The Balaban J connectivity index is 3.62. The third kappa shape index (κ3) is 7.27. The summed E-state index contributed by atoms with van der Waals surface area (Å²) < 4.78 is -0.732. The van der Waals surface area contributed by atoms with Crippen LogP contribution in [0.15, 0.2) is 12.2 Å². The van der Waals surface area contributed by atoms with E-state index < -0.39 is 4.33 Å². The minimum absolute atomic E-state index is 0.474. The van der Waals surface area contributed by atoms with Gasteiger partial charge in [0.25, 0.3) is 0 Å². The summed E-state index contributed by atoms with van der Waals surface area (Å²) in [5.41, 5.74) is 0. The Hall–Kier alpha value is 0.900. The van der Waals surface area contributed by atoms with Gasteiger partial charge in [0.05, 0.1) is 0 Å². The van der Waals surface area contributed by atoms with Crippen LogP contribution in [0.3, 0.4) is 0 Å². The molecular formula is C7H10Cl4. The lowest BCUT2D eigenvalue weighted by atomic mass is 10.2. The van der Waals surface area contributed by atoms with E-state index in [1.165, 1.54) is 0 Å². The van der Waals surface area contributed by atoms with Gasteiger partial charge in [-0.1, -0.05) is 12.2 Å². The molecule has 0 radical (unpaired) electrons. The van der Waals surface area contributed by atoms with Crippen LogP contribution < -0.4 is 0 Å². The van der Waals surface area contributed by atoms with Gasteiger partial charge in [0, 0.05) is 11.8 Å². The molecule has 11 heavy (non-hydrogen) atoms. The average Bonchev–Trinajstić information content (AvgIpc) is 1.87. The Morgan fingerprint density at radius 3 is 2.18 bits per heavy atom. The zero-order chi connectivity index (χ0) is 8.74. The average molecular weight is 236 g/mol. The summed E-state index contributed by atoms with van der Waals surface area (Å²) in [6, 6.07) is 0. The first-order valence-corrected chi connectivity index (χ1v) is 5.09. The third-order valence-corrected chi connectivity index (χ3v) is 2.19. The van der Waals surface area contributed by atoms with Crippen LogP contribution in [0, 0.1) is 0 Å². The predicted octanol–water partition coefficient (Wildman–Crippen LogP) is 3.97. The van der Waals surface area contributed by atoms with Crippen molar-refractivity contribution in [1.82, 2.24) is 0 Å². The highest BCUT2D eigenvalue weighted by Crippen LogP contribution is 2.30. The van der Waals surface area contributed by atoms with Crippen molar-refractivity contribution >= 4 is 46.4 Å². The molecular weight excluding hydrogens is 226 g/mol. The van der Waals surface area contributed by atoms with Crippen molar-refractivity contribution in [1.29, 1.82) is 0 Å². The van der Waals surface area contributed by atoms with E-state index in [9.17, 15) is 0 Å². The monoisotopic (exact) mass is 234 g/mol. The Labute approximate surface area is 87.5 Å². The second-order valence-corrected chi connectivity index (χ2v) is 4.45. The highest BCUT2D eigenvalue weighted by Gasteiger charge is 2.20. The minimum atomic E-state index is -0.732. The SMILES string of the molecule is ClCC=CCC(Cl)(Cl)CCCl. The van der Waals surface area contributed by atoms with Crippen LogP contribution in [-0.4, -0.2) is 16.1 Å². The summed E-state index contributed by atoms with van der Waals surface area (Å²) in [5, 5.41) is 0. The predicted molar refractivity (Wildman–Crippen MR) is 54.3 cm³/mol.